The number of rotatable bonds is 3. The molecule has 98 valence electrons. The van der Waals surface area contributed by atoms with Crippen LogP contribution in [0.15, 0.2) is 41.1 Å². The average molecular weight is 342 g/mol. The van der Waals surface area contributed by atoms with E-state index < -0.39 is 0 Å². The van der Waals surface area contributed by atoms with Gasteiger partial charge in [0.2, 0.25) is 0 Å². The summed E-state index contributed by atoms with van der Waals surface area (Å²) in [6.07, 6.45) is 2.95. The second-order valence-electron chi connectivity index (χ2n) is 3.69. The fourth-order valence-electron chi connectivity index (χ4n) is 1.50. The molecule has 1 N–H and O–H groups in total. The van der Waals surface area contributed by atoms with E-state index in [1.165, 1.54) is 12.4 Å². The Balaban J connectivity index is 2.24. The zero-order valence-electron chi connectivity index (χ0n) is 9.98. The predicted molar refractivity (Wildman–Crippen MR) is 77.9 cm³/mol. The van der Waals surface area contributed by atoms with Crippen molar-refractivity contribution in [3.8, 4) is 5.75 Å². The lowest BCUT2D eigenvalue weighted by molar-refractivity contribution is 0.102. The normalized spacial score (nSPS) is 10.1. The van der Waals surface area contributed by atoms with Gasteiger partial charge in [0.05, 0.1) is 17.7 Å². The molecule has 0 fully saturated rings. The lowest BCUT2D eigenvalue weighted by atomic mass is 10.2. The number of carbonyl (C=O) groups excluding carboxylic acids is 1. The van der Waals surface area contributed by atoms with Gasteiger partial charge in [-0.15, -0.1) is 0 Å². The number of nitrogens with zero attached hydrogens (tertiary/aromatic N) is 1. The van der Waals surface area contributed by atoms with Gasteiger partial charge >= 0.3 is 0 Å². The number of methoxy groups -OCH3 is 1. The van der Waals surface area contributed by atoms with Crippen LogP contribution in [0.5, 0.6) is 5.75 Å². The van der Waals surface area contributed by atoms with E-state index in [0.29, 0.717) is 22.0 Å². The molecule has 1 amide bonds. The van der Waals surface area contributed by atoms with Crippen LogP contribution >= 0.6 is 27.5 Å². The highest BCUT2D eigenvalue weighted by molar-refractivity contribution is 9.10. The minimum Gasteiger partial charge on any atom is -0.497 e. The van der Waals surface area contributed by atoms with E-state index in [2.05, 4.69) is 26.2 Å². The summed E-state index contributed by atoms with van der Waals surface area (Å²) in [7, 11) is 1.56. The quantitative estimate of drug-likeness (QED) is 0.925. The first-order valence-electron chi connectivity index (χ1n) is 5.35. The molecule has 0 aliphatic rings. The molecule has 19 heavy (non-hydrogen) atoms. The third-order valence-electron chi connectivity index (χ3n) is 2.38. The summed E-state index contributed by atoms with van der Waals surface area (Å²) in [6, 6.07) is 6.85. The fourth-order valence-corrected chi connectivity index (χ4v) is 2.16. The van der Waals surface area contributed by atoms with Crippen molar-refractivity contribution in [2.24, 2.45) is 0 Å². The van der Waals surface area contributed by atoms with Crippen molar-refractivity contribution in [2.45, 2.75) is 0 Å². The Hall–Kier alpha value is -1.59. The van der Waals surface area contributed by atoms with Crippen molar-refractivity contribution in [3.63, 3.8) is 0 Å². The van der Waals surface area contributed by atoms with E-state index in [-0.39, 0.29) is 5.91 Å². The first kappa shape index (κ1) is 13.8. The van der Waals surface area contributed by atoms with Crippen LogP contribution in [0.25, 0.3) is 0 Å². The zero-order valence-corrected chi connectivity index (χ0v) is 12.3. The number of hydrogen-bond donors (Lipinski definition) is 1. The van der Waals surface area contributed by atoms with Gasteiger partial charge in [0.1, 0.15) is 5.75 Å². The van der Waals surface area contributed by atoms with E-state index in [1.807, 2.05) is 0 Å². The highest BCUT2D eigenvalue weighted by atomic mass is 79.9. The summed E-state index contributed by atoms with van der Waals surface area (Å²) in [5, 5.41) is 3.10. The molecule has 0 saturated heterocycles. The molecule has 2 rings (SSSR count). The van der Waals surface area contributed by atoms with Gasteiger partial charge in [-0.25, -0.2) is 0 Å². The Kier molecular flexibility index (Phi) is 4.39. The minimum atomic E-state index is -0.321. The SMILES string of the molecule is COc1cc(Br)cc(NC(=O)c2cnccc2Cl)c1. The van der Waals surface area contributed by atoms with E-state index >= 15 is 0 Å². The van der Waals surface area contributed by atoms with Crippen LogP contribution in [-0.4, -0.2) is 18.0 Å². The van der Waals surface area contributed by atoms with Crippen LogP contribution in [0.3, 0.4) is 0 Å². The Labute approximate surface area is 123 Å². The predicted octanol–water partition coefficient (Wildman–Crippen LogP) is 3.76. The van der Waals surface area contributed by atoms with Crippen molar-refractivity contribution in [1.29, 1.82) is 0 Å². The third kappa shape index (κ3) is 3.45. The Bertz CT molecular complexity index is 619. The molecular weight excluding hydrogens is 332 g/mol. The number of aromatic nitrogens is 1. The summed E-state index contributed by atoms with van der Waals surface area (Å²) >= 11 is 9.29. The van der Waals surface area contributed by atoms with Crippen molar-refractivity contribution < 1.29 is 9.53 Å². The summed E-state index contributed by atoms with van der Waals surface area (Å²) in [5.41, 5.74) is 0.930. The lowest BCUT2D eigenvalue weighted by Gasteiger charge is -2.08. The number of carbonyl (C=O) groups is 1. The monoisotopic (exact) mass is 340 g/mol. The fraction of sp³-hybridized carbons (Fsp3) is 0.0769. The highest BCUT2D eigenvalue weighted by Crippen LogP contribution is 2.25. The number of hydrogen-bond acceptors (Lipinski definition) is 3. The van der Waals surface area contributed by atoms with Gasteiger partial charge < -0.3 is 10.1 Å². The van der Waals surface area contributed by atoms with Gasteiger partial charge in [-0.05, 0) is 18.2 Å². The van der Waals surface area contributed by atoms with Crippen molar-refractivity contribution in [1.82, 2.24) is 4.98 Å². The molecular formula is C13H10BrClN2O2. The maximum Gasteiger partial charge on any atom is 0.258 e. The van der Waals surface area contributed by atoms with E-state index in [0.717, 1.165) is 4.47 Å². The Morgan fingerprint density at radius 1 is 1.42 bits per heavy atom. The number of ether oxygens (including phenoxy) is 1. The molecule has 2 aromatic rings. The molecule has 0 aliphatic heterocycles. The first-order valence-corrected chi connectivity index (χ1v) is 6.52. The number of anilines is 1. The largest absolute Gasteiger partial charge is 0.497 e. The number of amides is 1. The molecule has 4 nitrogen and oxygen atoms in total. The van der Waals surface area contributed by atoms with Gasteiger partial charge in [-0.2, -0.15) is 0 Å². The van der Waals surface area contributed by atoms with Crippen LogP contribution in [0.2, 0.25) is 5.02 Å². The molecule has 0 spiro atoms. The summed E-state index contributed by atoms with van der Waals surface area (Å²) in [4.78, 5) is 15.9. The molecule has 0 saturated carbocycles. The van der Waals surface area contributed by atoms with Crippen molar-refractivity contribution in [3.05, 3.63) is 51.7 Å². The molecule has 0 unspecified atom stereocenters. The molecule has 6 heteroatoms. The molecule has 1 heterocycles. The van der Waals surface area contributed by atoms with Gasteiger partial charge in [0.25, 0.3) is 5.91 Å². The van der Waals surface area contributed by atoms with Crippen LogP contribution in [0.4, 0.5) is 5.69 Å². The highest BCUT2D eigenvalue weighted by Gasteiger charge is 2.11. The molecule has 0 bridgehead atoms. The van der Waals surface area contributed by atoms with E-state index in [4.69, 9.17) is 16.3 Å². The molecule has 1 aromatic carbocycles. The van der Waals surface area contributed by atoms with Gasteiger partial charge in [0.15, 0.2) is 0 Å². The lowest BCUT2D eigenvalue weighted by Crippen LogP contribution is -2.12. The maximum atomic E-state index is 12.1. The summed E-state index contributed by atoms with van der Waals surface area (Å²) < 4.78 is 5.93. The van der Waals surface area contributed by atoms with Crippen molar-refractivity contribution in [2.75, 3.05) is 12.4 Å². The summed E-state index contributed by atoms with van der Waals surface area (Å²) in [6.45, 7) is 0. The first-order chi connectivity index (χ1) is 9.10. The molecule has 0 aliphatic carbocycles. The van der Waals surface area contributed by atoms with E-state index in [9.17, 15) is 4.79 Å². The number of halogens is 2. The topological polar surface area (TPSA) is 51.2 Å². The second kappa shape index (κ2) is 6.04. The Morgan fingerprint density at radius 2 is 2.21 bits per heavy atom. The van der Waals surface area contributed by atoms with Gasteiger partial charge in [-0.1, -0.05) is 27.5 Å². The number of pyridine rings is 1. The van der Waals surface area contributed by atoms with Crippen LogP contribution in [0, 0.1) is 0 Å². The summed E-state index contributed by atoms with van der Waals surface area (Å²) in [5.74, 6) is 0.320. The van der Waals surface area contributed by atoms with Crippen LogP contribution in [-0.2, 0) is 0 Å². The average Bonchev–Trinajstić information content (AvgIpc) is 2.38. The second-order valence-corrected chi connectivity index (χ2v) is 5.01. The minimum absolute atomic E-state index is 0.321. The van der Waals surface area contributed by atoms with Gasteiger partial charge in [-0.3, -0.25) is 9.78 Å². The number of nitrogens with one attached hydrogen (secondary N) is 1. The molecule has 0 radical (unpaired) electrons. The third-order valence-corrected chi connectivity index (χ3v) is 3.16. The molecule has 1 aromatic heterocycles. The van der Waals surface area contributed by atoms with Crippen molar-refractivity contribution >= 4 is 39.1 Å². The van der Waals surface area contributed by atoms with E-state index in [1.54, 1.807) is 31.4 Å². The standard InChI is InChI=1S/C13H10BrClN2O2/c1-19-10-5-8(14)4-9(6-10)17-13(18)11-7-16-3-2-12(11)15/h2-7H,1H3,(H,17,18). The number of benzene rings is 1. The van der Waals surface area contributed by atoms with Gasteiger partial charge in [0, 0.05) is 28.6 Å². The zero-order chi connectivity index (χ0) is 13.8. The van der Waals surface area contributed by atoms with Crippen LogP contribution < -0.4 is 10.1 Å². The maximum absolute atomic E-state index is 12.1. The Morgan fingerprint density at radius 3 is 2.89 bits per heavy atom. The van der Waals surface area contributed by atoms with Crippen LogP contribution in [0.1, 0.15) is 10.4 Å². The molecule has 0 atom stereocenters. The smallest absolute Gasteiger partial charge is 0.258 e.